The predicted molar refractivity (Wildman–Crippen MR) is 91.1 cm³/mol. The molecule has 0 bridgehead atoms. The van der Waals surface area contributed by atoms with Crippen LogP contribution in [0.1, 0.15) is 70.4 Å². The van der Waals surface area contributed by atoms with Crippen LogP contribution < -0.4 is 4.74 Å². The van der Waals surface area contributed by atoms with Crippen molar-refractivity contribution in [3.8, 4) is 11.5 Å². The van der Waals surface area contributed by atoms with E-state index in [-0.39, 0.29) is 16.4 Å². The Bertz CT molecular complexity index is 577. The zero-order valence-electron chi connectivity index (χ0n) is 14.1. The third-order valence-corrected chi connectivity index (χ3v) is 5.81. The molecule has 3 rings (SSSR count). The summed E-state index contributed by atoms with van der Waals surface area (Å²) < 4.78 is 6.32. The minimum Gasteiger partial charge on any atom is -0.508 e. The molecule has 0 radical (unpaired) electrons. The van der Waals surface area contributed by atoms with Crippen LogP contribution >= 0.6 is 11.6 Å². The molecule has 0 amide bonds. The lowest BCUT2D eigenvalue weighted by atomic mass is 9.64. The molecule has 1 fully saturated rings. The standard InChI is InChI=1S/C19H27ClO2/c1-5-6-12-9-15(21)17-13-11-19(4,20)8-7-14(13)18(2,3)22-16(17)10-12/h9-10,13-14,21H,5-8,11H2,1-4H3/t13-,14-,19?/m1/s1. The van der Waals surface area contributed by atoms with E-state index < -0.39 is 0 Å². The van der Waals surface area contributed by atoms with E-state index in [0.717, 1.165) is 49.0 Å². The van der Waals surface area contributed by atoms with Gasteiger partial charge >= 0.3 is 0 Å². The normalized spacial score (nSPS) is 32.8. The molecule has 1 saturated carbocycles. The van der Waals surface area contributed by atoms with Gasteiger partial charge in [0.25, 0.3) is 0 Å². The van der Waals surface area contributed by atoms with Crippen LogP contribution in [-0.2, 0) is 6.42 Å². The van der Waals surface area contributed by atoms with Crippen molar-refractivity contribution in [1.29, 1.82) is 0 Å². The largest absolute Gasteiger partial charge is 0.508 e. The molecule has 2 nitrogen and oxygen atoms in total. The highest BCUT2D eigenvalue weighted by molar-refractivity contribution is 6.23. The highest BCUT2D eigenvalue weighted by Crippen LogP contribution is 2.57. The summed E-state index contributed by atoms with van der Waals surface area (Å²) in [5.74, 6) is 1.95. The Morgan fingerprint density at radius 2 is 2.05 bits per heavy atom. The van der Waals surface area contributed by atoms with Crippen LogP contribution in [0.4, 0.5) is 0 Å². The first-order chi connectivity index (χ1) is 10.2. The maximum absolute atomic E-state index is 10.6. The molecule has 1 aromatic rings. The first-order valence-corrected chi connectivity index (χ1v) is 8.85. The summed E-state index contributed by atoms with van der Waals surface area (Å²) in [5.41, 5.74) is 1.93. The monoisotopic (exact) mass is 322 g/mol. The summed E-state index contributed by atoms with van der Waals surface area (Å²) in [5, 5.41) is 10.6. The molecule has 3 atom stereocenters. The number of halogens is 1. The molecule has 0 spiro atoms. The van der Waals surface area contributed by atoms with Crippen molar-refractivity contribution in [2.45, 2.75) is 76.2 Å². The van der Waals surface area contributed by atoms with Crippen molar-refractivity contribution in [2.24, 2.45) is 5.92 Å². The Labute approximate surface area is 138 Å². The average Bonchev–Trinajstić information content (AvgIpc) is 2.35. The number of phenols is 1. The molecule has 0 saturated heterocycles. The second kappa shape index (κ2) is 5.33. The van der Waals surface area contributed by atoms with Crippen LogP contribution in [0.3, 0.4) is 0 Å². The third kappa shape index (κ3) is 2.71. The van der Waals surface area contributed by atoms with Crippen molar-refractivity contribution >= 4 is 11.6 Å². The molecule has 1 N–H and O–H groups in total. The number of ether oxygens (including phenoxy) is 1. The van der Waals surface area contributed by atoms with Crippen LogP contribution in [0.15, 0.2) is 12.1 Å². The molecule has 1 aliphatic carbocycles. The van der Waals surface area contributed by atoms with Gasteiger partial charge in [-0.2, -0.15) is 0 Å². The number of benzene rings is 1. The van der Waals surface area contributed by atoms with Gasteiger partial charge in [-0.3, -0.25) is 0 Å². The second-order valence-corrected chi connectivity index (χ2v) is 8.76. The lowest BCUT2D eigenvalue weighted by molar-refractivity contribution is -0.0119. The topological polar surface area (TPSA) is 29.5 Å². The first kappa shape index (κ1) is 16.0. The van der Waals surface area contributed by atoms with Crippen molar-refractivity contribution in [1.82, 2.24) is 0 Å². The van der Waals surface area contributed by atoms with E-state index in [1.54, 1.807) is 0 Å². The molecule has 122 valence electrons. The minimum atomic E-state index is -0.206. The van der Waals surface area contributed by atoms with Gasteiger partial charge in [0.05, 0.1) is 0 Å². The van der Waals surface area contributed by atoms with Crippen molar-refractivity contribution < 1.29 is 9.84 Å². The van der Waals surface area contributed by atoms with Gasteiger partial charge in [0.1, 0.15) is 17.1 Å². The van der Waals surface area contributed by atoms with Gasteiger partial charge < -0.3 is 9.84 Å². The number of fused-ring (bicyclic) bond motifs is 3. The molecule has 22 heavy (non-hydrogen) atoms. The number of hydrogen-bond acceptors (Lipinski definition) is 2. The molecule has 1 aliphatic heterocycles. The molecule has 1 aromatic carbocycles. The SMILES string of the molecule is CCCc1cc(O)c2c(c1)OC(C)(C)[C@@H]1CCC(C)(Cl)C[C@@H]21. The predicted octanol–water partition coefficient (Wildman–Crippen LogP) is 5.40. The van der Waals surface area contributed by atoms with E-state index in [1.165, 1.54) is 0 Å². The Balaban J connectivity index is 2.08. The number of phenolic OH excluding ortho intramolecular Hbond substituents is 1. The van der Waals surface area contributed by atoms with Gasteiger partial charge in [0, 0.05) is 16.4 Å². The number of rotatable bonds is 2. The smallest absolute Gasteiger partial charge is 0.127 e. The van der Waals surface area contributed by atoms with E-state index in [4.69, 9.17) is 16.3 Å². The summed E-state index contributed by atoms with van der Waals surface area (Å²) in [4.78, 5) is -0.180. The van der Waals surface area contributed by atoms with Gasteiger partial charge in [-0.15, -0.1) is 11.6 Å². The highest BCUT2D eigenvalue weighted by atomic mass is 35.5. The second-order valence-electron chi connectivity index (χ2n) is 7.85. The fraction of sp³-hybridized carbons (Fsp3) is 0.684. The Hall–Kier alpha value is -0.890. The van der Waals surface area contributed by atoms with Gasteiger partial charge in [0.15, 0.2) is 0 Å². The van der Waals surface area contributed by atoms with E-state index in [9.17, 15) is 5.11 Å². The maximum atomic E-state index is 10.6. The zero-order chi connectivity index (χ0) is 16.1. The lowest BCUT2D eigenvalue weighted by Gasteiger charge is -2.50. The van der Waals surface area contributed by atoms with E-state index in [0.29, 0.717) is 11.7 Å². The molecule has 1 heterocycles. The Kier molecular flexibility index (Phi) is 3.87. The summed E-state index contributed by atoms with van der Waals surface area (Å²) in [6.45, 7) is 8.62. The first-order valence-electron chi connectivity index (χ1n) is 8.47. The number of hydrogen-bond donors (Lipinski definition) is 1. The third-order valence-electron chi connectivity index (χ3n) is 5.46. The molecule has 2 aliphatic rings. The van der Waals surface area contributed by atoms with Crippen LogP contribution in [0.2, 0.25) is 0 Å². The summed E-state index contributed by atoms with van der Waals surface area (Å²) in [6, 6.07) is 4.04. The Morgan fingerprint density at radius 3 is 2.73 bits per heavy atom. The minimum absolute atomic E-state index is 0.180. The number of aromatic hydroxyl groups is 1. The maximum Gasteiger partial charge on any atom is 0.127 e. The van der Waals surface area contributed by atoms with Crippen molar-refractivity contribution in [3.63, 3.8) is 0 Å². The van der Waals surface area contributed by atoms with Gasteiger partial charge in [-0.05, 0) is 70.1 Å². The van der Waals surface area contributed by atoms with Crippen LogP contribution in [-0.4, -0.2) is 15.6 Å². The van der Waals surface area contributed by atoms with Crippen molar-refractivity contribution in [2.75, 3.05) is 0 Å². The van der Waals surface area contributed by atoms with Crippen molar-refractivity contribution in [3.05, 3.63) is 23.3 Å². The molecular weight excluding hydrogens is 296 g/mol. The zero-order valence-corrected chi connectivity index (χ0v) is 14.8. The number of aryl methyl sites for hydroxylation is 1. The molecule has 3 heteroatoms. The lowest BCUT2D eigenvalue weighted by Crippen LogP contribution is -2.48. The molecule has 1 unspecified atom stereocenters. The van der Waals surface area contributed by atoms with Gasteiger partial charge in [0.2, 0.25) is 0 Å². The van der Waals surface area contributed by atoms with Crippen LogP contribution in [0, 0.1) is 5.92 Å². The fourth-order valence-electron chi connectivity index (χ4n) is 4.41. The fourth-order valence-corrected chi connectivity index (χ4v) is 4.69. The quantitative estimate of drug-likeness (QED) is 0.739. The average molecular weight is 323 g/mol. The summed E-state index contributed by atoms with van der Waals surface area (Å²) in [7, 11) is 0. The van der Waals surface area contributed by atoms with Crippen LogP contribution in [0.5, 0.6) is 11.5 Å². The van der Waals surface area contributed by atoms with E-state index in [2.05, 4.69) is 33.8 Å². The molecular formula is C19H27ClO2. The van der Waals surface area contributed by atoms with Gasteiger partial charge in [-0.1, -0.05) is 13.3 Å². The highest BCUT2D eigenvalue weighted by Gasteiger charge is 2.49. The summed E-state index contributed by atoms with van der Waals surface area (Å²) in [6.07, 6.45) is 4.98. The van der Waals surface area contributed by atoms with Gasteiger partial charge in [-0.25, -0.2) is 0 Å². The Morgan fingerprint density at radius 1 is 1.32 bits per heavy atom. The van der Waals surface area contributed by atoms with Crippen LogP contribution in [0.25, 0.3) is 0 Å². The number of alkyl halides is 1. The van der Waals surface area contributed by atoms with E-state index in [1.807, 2.05) is 6.07 Å². The summed E-state index contributed by atoms with van der Waals surface area (Å²) >= 11 is 6.66. The van der Waals surface area contributed by atoms with E-state index >= 15 is 0 Å². The molecule has 0 aromatic heterocycles.